The lowest BCUT2D eigenvalue weighted by Gasteiger charge is -2.15. The van der Waals surface area contributed by atoms with E-state index in [1.54, 1.807) is 11.3 Å². The molecule has 0 saturated carbocycles. The average molecular weight is 421 g/mol. The fourth-order valence-corrected chi connectivity index (χ4v) is 2.81. The van der Waals surface area contributed by atoms with Crippen LogP contribution in [-0.4, -0.2) is 4.98 Å². The highest BCUT2D eigenvalue weighted by molar-refractivity contribution is 14.2. The van der Waals surface area contributed by atoms with Crippen molar-refractivity contribution in [2.45, 2.75) is 34.5 Å². The molecule has 0 amide bonds. The maximum atomic E-state index is 4.66. The van der Waals surface area contributed by atoms with Crippen molar-refractivity contribution in [1.82, 2.24) is 4.98 Å². The van der Waals surface area contributed by atoms with E-state index in [-0.39, 0.29) is 6.84 Å². The Labute approximate surface area is 111 Å². The first-order valence-corrected chi connectivity index (χ1v) is 7.09. The zero-order chi connectivity index (χ0) is 10.3. The Kier molecular flexibility index (Phi) is 3.67. The molecule has 1 heterocycles. The van der Waals surface area contributed by atoms with Crippen LogP contribution in [-0.2, 0) is 6.84 Å². The van der Waals surface area contributed by atoms with Gasteiger partial charge >= 0.3 is 0 Å². The van der Waals surface area contributed by atoms with Crippen LogP contribution in [0.1, 0.15) is 38.4 Å². The van der Waals surface area contributed by atoms with E-state index in [1.165, 1.54) is 10.7 Å². The van der Waals surface area contributed by atoms with Gasteiger partial charge in [-0.25, -0.2) is 4.98 Å². The summed E-state index contributed by atoms with van der Waals surface area (Å²) < 4.78 is 0.129. The summed E-state index contributed by atoms with van der Waals surface area (Å²) in [5.74, 6) is 0. The van der Waals surface area contributed by atoms with Crippen molar-refractivity contribution < 1.29 is 0 Å². The molecule has 0 aliphatic heterocycles. The second kappa shape index (κ2) is 3.92. The van der Waals surface area contributed by atoms with E-state index in [9.17, 15) is 0 Å². The van der Waals surface area contributed by atoms with Crippen molar-refractivity contribution in [2.75, 3.05) is 0 Å². The lowest BCUT2D eigenvalue weighted by molar-refractivity contribution is 0.571. The standard InChI is InChI=1S/C9H13I2NS/c1-8(2,3)6-5-13-7(12-6)9(4,10)11/h5H,1-4H3. The Morgan fingerprint density at radius 1 is 1.23 bits per heavy atom. The first-order valence-electron chi connectivity index (χ1n) is 4.05. The van der Waals surface area contributed by atoms with Crippen molar-refractivity contribution in [2.24, 2.45) is 0 Å². The third-order valence-electron chi connectivity index (χ3n) is 1.65. The number of thiazole rings is 1. The molecule has 4 heteroatoms. The highest BCUT2D eigenvalue weighted by atomic mass is 127. The van der Waals surface area contributed by atoms with Crippen LogP contribution in [0.15, 0.2) is 5.38 Å². The van der Waals surface area contributed by atoms with Gasteiger partial charge in [0.05, 0.1) is 5.69 Å². The van der Waals surface area contributed by atoms with Crippen LogP contribution in [0, 0.1) is 0 Å². The molecular formula is C9H13I2NS. The van der Waals surface area contributed by atoms with Crippen molar-refractivity contribution in [3.8, 4) is 0 Å². The van der Waals surface area contributed by atoms with Crippen LogP contribution < -0.4 is 0 Å². The zero-order valence-corrected chi connectivity index (χ0v) is 13.3. The molecule has 0 spiro atoms. The summed E-state index contributed by atoms with van der Waals surface area (Å²) in [5, 5.41) is 3.38. The molecule has 0 aromatic carbocycles. The minimum Gasteiger partial charge on any atom is -0.243 e. The fourth-order valence-electron chi connectivity index (χ4n) is 0.820. The van der Waals surface area contributed by atoms with Gasteiger partial charge in [-0.2, -0.15) is 0 Å². The third kappa shape index (κ3) is 3.30. The Morgan fingerprint density at radius 3 is 2.00 bits per heavy atom. The number of hydrogen-bond acceptors (Lipinski definition) is 2. The molecule has 1 aromatic heterocycles. The van der Waals surface area contributed by atoms with E-state index < -0.39 is 0 Å². The van der Waals surface area contributed by atoms with Gasteiger partial charge < -0.3 is 0 Å². The summed E-state index contributed by atoms with van der Waals surface area (Å²) in [6, 6.07) is 0. The van der Waals surface area contributed by atoms with Gasteiger partial charge in [0, 0.05) is 10.8 Å². The Hall–Kier alpha value is 1.09. The number of nitrogens with zero attached hydrogens (tertiary/aromatic N) is 1. The lowest BCUT2D eigenvalue weighted by Crippen LogP contribution is -2.12. The smallest absolute Gasteiger partial charge is 0.122 e. The second-order valence-electron chi connectivity index (χ2n) is 4.18. The summed E-state index contributed by atoms with van der Waals surface area (Å²) >= 11 is 6.59. The molecular weight excluding hydrogens is 408 g/mol. The molecule has 0 unspecified atom stereocenters. The number of aromatic nitrogens is 1. The average Bonchev–Trinajstić information content (AvgIpc) is 2.28. The number of halogens is 2. The molecule has 13 heavy (non-hydrogen) atoms. The van der Waals surface area contributed by atoms with Crippen LogP contribution in [0.3, 0.4) is 0 Å². The molecule has 0 radical (unpaired) electrons. The zero-order valence-electron chi connectivity index (χ0n) is 8.19. The maximum absolute atomic E-state index is 4.66. The first kappa shape index (κ1) is 12.2. The molecule has 0 saturated heterocycles. The van der Waals surface area contributed by atoms with E-state index in [0.29, 0.717) is 0 Å². The van der Waals surface area contributed by atoms with Crippen LogP contribution in [0.5, 0.6) is 0 Å². The van der Waals surface area contributed by atoms with E-state index >= 15 is 0 Å². The summed E-state index contributed by atoms with van der Waals surface area (Å²) in [5.41, 5.74) is 1.37. The molecule has 1 aromatic rings. The Bertz CT molecular complexity index is 265. The molecule has 0 fully saturated rings. The summed E-state index contributed by atoms with van der Waals surface area (Å²) in [4.78, 5) is 4.66. The topological polar surface area (TPSA) is 12.9 Å². The molecule has 74 valence electrons. The van der Waals surface area contributed by atoms with Gasteiger partial charge in [0.15, 0.2) is 0 Å². The largest absolute Gasteiger partial charge is 0.243 e. The molecule has 0 N–H and O–H groups in total. The van der Waals surface area contributed by atoms with E-state index in [0.717, 1.165) is 0 Å². The predicted octanol–water partition coefficient (Wildman–Crippen LogP) is 4.48. The fraction of sp³-hybridized carbons (Fsp3) is 0.667. The van der Waals surface area contributed by atoms with Gasteiger partial charge in [-0.05, 0) is 6.92 Å². The number of rotatable bonds is 1. The summed E-state index contributed by atoms with van der Waals surface area (Å²) in [6.45, 7) is 8.77. The highest BCUT2D eigenvalue weighted by Gasteiger charge is 2.25. The maximum Gasteiger partial charge on any atom is 0.122 e. The van der Waals surface area contributed by atoms with E-state index in [1.807, 2.05) is 0 Å². The molecule has 0 bridgehead atoms. The van der Waals surface area contributed by atoms with Gasteiger partial charge in [0.2, 0.25) is 0 Å². The second-order valence-corrected chi connectivity index (χ2v) is 11.4. The quantitative estimate of drug-likeness (QED) is 0.482. The van der Waals surface area contributed by atoms with Gasteiger partial charge in [-0.15, -0.1) is 11.3 Å². The Morgan fingerprint density at radius 2 is 1.77 bits per heavy atom. The van der Waals surface area contributed by atoms with Crippen molar-refractivity contribution >= 4 is 56.5 Å². The lowest BCUT2D eigenvalue weighted by atomic mass is 9.93. The molecule has 0 atom stereocenters. The van der Waals surface area contributed by atoms with Crippen LogP contribution >= 0.6 is 56.5 Å². The van der Waals surface area contributed by atoms with Crippen LogP contribution in [0.2, 0.25) is 0 Å². The van der Waals surface area contributed by atoms with Gasteiger partial charge in [-0.3, -0.25) is 0 Å². The number of alkyl halides is 2. The minimum absolute atomic E-state index is 0.129. The van der Waals surface area contributed by atoms with Crippen LogP contribution in [0.25, 0.3) is 0 Å². The van der Waals surface area contributed by atoms with Crippen LogP contribution in [0.4, 0.5) is 0 Å². The van der Waals surface area contributed by atoms with E-state index in [4.69, 9.17) is 0 Å². The van der Waals surface area contributed by atoms with Gasteiger partial charge in [0.1, 0.15) is 6.44 Å². The van der Waals surface area contributed by atoms with Gasteiger partial charge in [0.25, 0.3) is 0 Å². The predicted molar refractivity (Wildman–Crippen MR) is 76.2 cm³/mol. The molecule has 0 aliphatic rings. The van der Waals surface area contributed by atoms with Gasteiger partial charge in [-0.1, -0.05) is 66.0 Å². The minimum atomic E-state index is 0.129. The first-order chi connectivity index (χ1) is 5.71. The molecule has 1 rings (SSSR count). The van der Waals surface area contributed by atoms with E-state index in [2.05, 4.69) is 83.2 Å². The number of hydrogen-bond donors (Lipinski definition) is 0. The Balaban J connectivity index is 3.01. The summed E-state index contributed by atoms with van der Waals surface area (Å²) in [7, 11) is 0. The van der Waals surface area contributed by atoms with Crippen molar-refractivity contribution in [3.63, 3.8) is 0 Å². The molecule has 1 nitrogen and oxygen atoms in total. The SMILES string of the molecule is CC(C)(C)c1csc(C(C)(I)I)n1. The highest BCUT2D eigenvalue weighted by Crippen LogP contribution is 2.41. The van der Waals surface area contributed by atoms with Crippen molar-refractivity contribution in [1.29, 1.82) is 0 Å². The summed E-state index contributed by atoms with van der Waals surface area (Å²) in [6.07, 6.45) is 0. The monoisotopic (exact) mass is 421 g/mol. The normalized spacial score (nSPS) is 13.4. The van der Waals surface area contributed by atoms with Crippen molar-refractivity contribution in [3.05, 3.63) is 16.1 Å². The third-order valence-corrected chi connectivity index (χ3v) is 4.47. The molecule has 0 aliphatic carbocycles.